The molecular weight excluding hydrogens is 226 g/mol. The number of benzene rings is 1. The first kappa shape index (κ1) is 12.2. The zero-order chi connectivity index (χ0) is 13.1. The van der Waals surface area contributed by atoms with Crippen LogP contribution in [0.4, 0.5) is 5.69 Å². The fourth-order valence-corrected chi connectivity index (χ4v) is 2.35. The van der Waals surface area contributed by atoms with Crippen LogP contribution in [0.3, 0.4) is 0 Å². The van der Waals surface area contributed by atoms with E-state index < -0.39 is 0 Å². The molecule has 2 rings (SSSR count). The second-order valence-electron chi connectivity index (χ2n) is 4.62. The molecule has 18 heavy (non-hydrogen) atoms. The Bertz CT molecular complexity index is 471. The van der Waals surface area contributed by atoms with E-state index in [-0.39, 0.29) is 0 Å². The van der Waals surface area contributed by atoms with Gasteiger partial charge in [0.25, 0.3) is 5.96 Å². The largest absolute Gasteiger partial charge is 0.399 e. The minimum Gasteiger partial charge on any atom is -0.399 e. The third-order valence-corrected chi connectivity index (χ3v) is 3.22. The van der Waals surface area contributed by atoms with Crippen molar-refractivity contribution in [2.45, 2.75) is 5.92 Å². The van der Waals surface area contributed by atoms with E-state index in [0.717, 1.165) is 24.7 Å². The quantitative estimate of drug-likeness (QED) is 0.461. The van der Waals surface area contributed by atoms with E-state index in [2.05, 4.69) is 22.2 Å². The van der Waals surface area contributed by atoms with Crippen LogP contribution in [-0.4, -0.2) is 42.9 Å². The summed E-state index contributed by atoms with van der Waals surface area (Å²) in [6, 6.07) is 7.99. The van der Waals surface area contributed by atoms with Crippen LogP contribution in [0.2, 0.25) is 0 Å². The average Bonchev–Trinajstić information content (AvgIpc) is 2.34. The maximum atomic E-state index is 6.83. The zero-order valence-corrected chi connectivity index (χ0v) is 10.7. The predicted molar refractivity (Wildman–Crippen MR) is 72.9 cm³/mol. The van der Waals surface area contributed by atoms with Gasteiger partial charge in [-0.2, -0.15) is 6.57 Å². The third-order valence-electron chi connectivity index (χ3n) is 3.22. The van der Waals surface area contributed by atoms with Gasteiger partial charge in [0.2, 0.25) is 0 Å². The van der Waals surface area contributed by atoms with Gasteiger partial charge in [-0.1, -0.05) is 12.1 Å². The Kier molecular flexibility index (Phi) is 3.38. The lowest BCUT2D eigenvalue weighted by molar-refractivity contribution is 0.287. The van der Waals surface area contributed by atoms with E-state index in [0.29, 0.717) is 5.92 Å². The Labute approximate surface area is 107 Å². The van der Waals surface area contributed by atoms with Gasteiger partial charge in [0.05, 0.1) is 0 Å². The van der Waals surface area contributed by atoms with Crippen molar-refractivity contribution in [3.63, 3.8) is 0 Å². The SMILES string of the molecule is [C-]#[N+]N=C1N(C)CC(c2ccc(N)cc2)CN1C. The summed E-state index contributed by atoms with van der Waals surface area (Å²) in [6.07, 6.45) is 0. The summed E-state index contributed by atoms with van der Waals surface area (Å²) < 4.78 is 0. The maximum absolute atomic E-state index is 6.83. The van der Waals surface area contributed by atoms with E-state index in [1.54, 1.807) is 0 Å². The lowest BCUT2D eigenvalue weighted by atomic mass is 9.96. The number of likely N-dealkylation sites (N-methyl/N-ethyl adjacent to an activating group) is 2. The summed E-state index contributed by atoms with van der Waals surface area (Å²) in [4.78, 5) is 7.14. The zero-order valence-electron chi connectivity index (χ0n) is 10.7. The molecule has 1 saturated heterocycles. The Morgan fingerprint density at radius 2 is 1.78 bits per heavy atom. The van der Waals surface area contributed by atoms with E-state index >= 15 is 0 Å². The lowest BCUT2D eigenvalue weighted by Gasteiger charge is -2.37. The molecule has 1 heterocycles. The molecule has 0 unspecified atom stereocenters. The maximum Gasteiger partial charge on any atom is 0.282 e. The first-order valence-electron chi connectivity index (χ1n) is 5.84. The summed E-state index contributed by atoms with van der Waals surface area (Å²) in [7, 11) is 3.92. The summed E-state index contributed by atoms with van der Waals surface area (Å²) in [6.45, 7) is 8.55. The molecule has 5 nitrogen and oxygen atoms in total. The number of anilines is 1. The molecule has 0 aliphatic carbocycles. The third kappa shape index (κ3) is 2.38. The molecule has 1 aromatic carbocycles. The Hall–Kier alpha value is -2.22. The predicted octanol–water partition coefficient (Wildman–Crippen LogP) is 1.42. The molecule has 1 fully saturated rings. The highest BCUT2D eigenvalue weighted by atomic mass is 15.4. The molecule has 0 bridgehead atoms. The summed E-state index contributed by atoms with van der Waals surface area (Å²) in [5.41, 5.74) is 7.75. The number of nitrogens with zero attached hydrogens (tertiary/aromatic N) is 4. The van der Waals surface area contributed by atoms with Crippen LogP contribution in [0, 0.1) is 6.57 Å². The molecular formula is C13H17N5. The number of nitrogens with two attached hydrogens (primary N) is 1. The van der Waals surface area contributed by atoms with Gasteiger partial charge in [-0.25, -0.2) is 0 Å². The minimum absolute atomic E-state index is 0.408. The van der Waals surface area contributed by atoms with Gasteiger partial charge in [-0.15, -0.1) is 4.95 Å². The number of nitrogen functional groups attached to an aromatic ring is 1. The first-order chi connectivity index (χ1) is 8.61. The molecule has 5 heteroatoms. The highest BCUT2D eigenvalue weighted by Crippen LogP contribution is 2.23. The second kappa shape index (κ2) is 4.96. The molecule has 0 radical (unpaired) electrons. The van der Waals surface area contributed by atoms with Crippen LogP contribution in [-0.2, 0) is 0 Å². The highest BCUT2D eigenvalue weighted by molar-refractivity contribution is 5.81. The van der Waals surface area contributed by atoms with Crippen molar-refractivity contribution in [2.75, 3.05) is 32.9 Å². The topological polar surface area (TPSA) is 49.2 Å². The van der Waals surface area contributed by atoms with Crippen LogP contribution in [0.1, 0.15) is 11.5 Å². The monoisotopic (exact) mass is 243 g/mol. The van der Waals surface area contributed by atoms with Crippen molar-refractivity contribution in [3.05, 3.63) is 41.4 Å². The van der Waals surface area contributed by atoms with Crippen molar-refractivity contribution in [2.24, 2.45) is 5.10 Å². The smallest absolute Gasteiger partial charge is 0.282 e. The van der Waals surface area contributed by atoms with E-state index in [9.17, 15) is 0 Å². The molecule has 94 valence electrons. The van der Waals surface area contributed by atoms with Crippen LogP contribution >= 0.6 is 0 Å². The molecule has 1 aliphatic rings. The van der Waals surface area contributed by atoms with Crippen LogP contribution in [0.25, 0.3) is 4.95 Å². The molecule has 0 amide bonds. The van der Waals surface area contributed by atoms with Crippen molar-refractivity contribution in [3.8, 4) is 0 Å². The van der Waals surface area contributed by atoms with Crippen LogP contribution in [0.15, 0.2) is 29.4 Å². The number of rotatable bonds is 1. The summed E-state index contributed by atoms with van der Waals surface area (Å²) in [5.74, 6) is 1.14. The molecule has 1 aliphatic heterocycles. The van der Waals surface area contributed by atoms with Crippen molar-refractivity contribution < 1.29 is 0 Å². The average molecular weight is 243 g/mol. The van der Waals surface area contributed by atoms with Crippen molar-refractivity contribution >= 4 is 11.6 Å². The van der Waals surface area contributed by atoms with Gasteiger partial charge in [0.15, 0.2) is 0 Å². The Morgan fingerprint density at radius 3 is 2.28 bits per heavy atom. The van der Waals surface area contributed by atoms with Gasteiger partial charge in [0.1, 0.15) is 5.10 Å². The fraction of sp³-hybridized carbons (Fsp3) is 0.385. The molecule has 0 saturated carbocycles. The Balaban J connectivity index is 2.18. The first-order valence-corrected chi connectivity index (χ1v) is 5.84. The van der Waals surface area contributed by atoms with Gasteiger partial charge in [0, 0.05) is 38.8 Å². The van der Waals surface area contributed by atoms with Crippen molar-refractivity contribution in [1.29, 1.82) is 0 Å². The van der Waals surface area contributed by atoms with Gasteiger partial charge in [-0.3, -0.25) is 0 Å². The standard InChI is InChI=1S/C13H17N5/c1-15-16-13-17(2)8-11(9-18(13)3)10-4-6-12(14)7-5-10/h4-7,11H,8-9,14H2,2-3H3. The number of guanidine groups is 1. The van der Waals surface area contributed by atoms with Gasteiger partial charge < -0.3 is 15.5 Å². The summed E-state index contributed by atoms with van der Waals surface area (Å²) in [5, 5.41) is 3.83. The van der Waals surface area contributed by atoms with Crippen LogP contribution < -0.4 is 5.73 Å². The lowest BCUT2D eigenvalue weighted by Crippen LogP contribution is -2.49. The molecule has 2 N–H and O–H groups in total. The number of hydrogen-bond donors (Lipinski definition) is 1. The summed E-state index contributed by atoms with van der Waals surface area (Å²) >= 11 is 0. The fourth-order valence-electron chi connectivity index (χ4n) is 2.35. The second-order valence-corrected chi connectivity index (χ2v) is 4.62. The highest BCUT2D eigenvalue weighted by Gasteiger charge is 2.28. The molecule has 0 spiro atoms. The molecule has 0 atom stereocenters. The van der Waals surface area contributed by atoms with E-state index in [1.165, 1.54) is 5.56 Å². The van der Waals surface area contributed by atoms with Crippen molar-refractivity contribution in [1.82, 2.24) is 9.80 Å². The number of hydrogen-bond acceptors (Lipinski definition) is 2. The van der Waals surface area contributed by atoms with Crippen LogP contribution in [0.5, 0.6) is 0 Å². The minimum atomic E-state index is 0.408. The normalized spacial score (nSPS) is 19.6. The van der Waals surface area contributed by atoms with Gasteiger partial charge >= 0.3 is 0 Å². The molecule has 1 aromatic rings. The van der Waals surface area contributed by atoms with Gasteiger partial charge in [-0.05, 0) is 17.7 Å². The molecule has 0 aromatic heterocycles. The Morgan fingerprint density at radius 1 is 1.22 bits per heavy atom. The van der Waals surface area contributed by atoms with E-state index in [1.807, 2.05) is 36.0 Å². The van der Waals surface area contributed by atoms with E-state index in [4.69, 9.17) is 12.3 Å².